The number of para-hydroxylation sites is 5. The average Bonchev–Trinajstić information content (AvgIpc) is 3.30. The van der Waals surface area contributed by atoms with E-state index in [0.29, 0.717) is 11.1 Å². The monoisotopic (exact) mass is 466 g/mol. The molecule has 0 aliphatic rings. The summed E-state index contributed by atoms with van der Waals surface area (Å²) in [6, 6.07) is 37.9. The molecule has 170 valence electrons. The smallest absolute Gasteiger partial charge is 0.872 e. The molecule has 6 rings (SSSR count). The molecule has 0 aliphatic heterocycles. The Balaban J connectivity index is 0.000000187. The van der Waals surface area contributed by atoms with Crippen LogP contribution in [0.25, 0.3) is 39.4 Å². The molecule has 2 N–H and O–H groups in total. The first-order valence-corrected chi connectivity index (χ1v) is 11.3. The zero-order chi connectivity index (χ0) is 24.0. The van der Waals surface area contributed by atoms with Crippen molar-refractivity contribution in [2.75, 3.05) is 0 Å². The van der Waals surface area contributed by atoms with Crippen molar-refractivity contribution in [2.24, 2.45) is 0 Å². The van der Waals surface area contributed by atoms with Crippen LogP contribution >= 0.6 is 0 Å². The van der Waals surface area contributed by atoms with Crippen molar-refractivity contribution in [1.29, 1.82) is 0 Å². The molecule has 0 saturated carbocycles. The first-order chi connectivity index (χ1) is 17.2. The van der Waals surface area contributed by atoms with Gasteiger partial charge in [0.1, 0.15) is 5.69 Å². The molecule has 0 spiro atoms. The molecule has 4 aromatic carbocycles. The van der Waals surface area contributed by atoms with Crippen molar-refractivity contribution >= 4 is 21.2 Å². The van der Waals surface area contributed by atoms with Gasteiger partial charge in [-0.1, -0.05) is 78.2 Å². The van der Waals surface area contributed by atoms with Gasteiger partial charge in [-0.15, -0.1) is 0 Å². The van der Waals surface area contributed by atoms with Gasteiger partial charge >= 0.3 is 10.1 Å². The first kappa shape index (κ1) is 24.4. The Labute approximate surface area is 213 Å². The van der Waals surface area contributed by atoms with E-state index in [1.807, 2.05) is 97.2 Å². The summed E-state index contributed by atoms with van der Waals surface area (Å²) in [4.78, 5) is 6.41. The van der Waals surface area contributed by atoms with E-state index in [1.54, 1.807) is 24.3 Å². The average molecular weight is 467 g/mol. The third-order valence-electron chi connectivity index (χ3n) is 5.66. The second-order valence-corrected chi connectivity index (χ2v) is 7.93. The van der Waals surface area contributed by atoms with Crippen molar-refractivity contribution < 1.29 is 20.2 Å². The first-order valence-electron chi connectivity index (χ1n) is 11.3. The standard InChI is InChI=1S/C19H14N2O.C11H9NO.Be/c22-18-13-7-4-10-15(18)19-20-16-11-5-6-12-17(16)21(19)14-8-2-1-3-9-14;13-11-7-2-1-5-9(11)10-6-3-4-8-12-10;/h1-13,22H;1-8,13H;/q;;+2. The number of fused-ring (bicyclic) bond motifs is 1. The Hall–Kier alpha value is -4.73. The van der Waals surface area contributed by atoms with Crippen molar-refractivity contribution in [3.8, 4) is 39.8 Å². The molecule has 0 amide bonds. The number of H-pyrrole nitrogens is 2. The summed E-state index contributed by atoms with van der Waals surface area (Å²) in [5.74, 6) is 0.863. The third kappa shape index (κ3) is 5.02. The van der Waals surface area contributed by atoms with Gasteiger partial charge in [0.05, 0.1) is 5.56 Å². The van der Waals surface area contributed by atoms with E-state index < -0.39 is 0 Å². The van der Waals surface area contributed by atoms with Gasteiger partial charge in [-0.05, 0) is 42.5 Å². The Morgan fingerprint density at radius 3 is 1.81 bits per heavy atom. The number of aromatic nitrogens is 3. The Bertz CT molecular complexity index is 1570. The van der Waals surface area contributed by atoms with E-state index in [4.69, 9.17) is 0 Å². The zero-order valence-corrected chi connectivity index (χ0v) is 19.6. The van der Waals surface area contributed by atoms with Gasteiger partial charge in [0.2, 0.25) is 5.69 Å². The fourth-order valence-electron chi connectivity index (χ4n) is 4.02. The Morgan fingerprint density at radius 1 is 0.556 bits per heavy atom. The van der Waals surface area contributed by atoms with Crippen molar-refractivity contribution in [2.45, 2.75) is 0 Å². The van der Waals surface area contributed by atoms with Crippen LogP contribution in [0.5, 0.6) is 11.5 Å². The van der Waals surface area contributed by atoms with Crippen molar-refractivity contribution in [3.05, 3.63) is 128 Å². The minimum absolute atomic E-state index is 0. The second kappa shape index (κ2) is 11.1. The second-order valence-electron chi connectivity index (χ2n) is 7.93. The van der Waals surface area contributed by atoms with Crippen LogP contribution in [0.3, 0.4) is 0 Å². The van der Waals surface area contributed by atoms with Crippen LogP contribution in [0.1, 0.15) is 0 Å². The molecule has 0 bridgehead atoms. The summed E-state index contributed by atoms with van der Waals surface area (Å²) in [5, 5.41) is 23.6. The van der Waals surface area contributed by atoms with Crippen molar-refractivity contribution in [1.82, 2.24) is 4.57 Å². The molecule has 36 heavy (non-hydrogen) atoms. The predicted molar refractivity (Wildman–Crippen MR) is 138 cm³/mol. The van der Waals surface area contributed by atoms with Gasteiger partial charge in [0.25, 0.3) is 5.82 Å². The van der Waals surface area contributed by atoms with Crippen molar-refractivity contribution in [3.63, 3.8) is 0 Å². The summed E-state index contributed by atoms with van der Waals surface area (Å²) >= 11 is 0. The number of pyridine rings is 1. The van der Waals surface area contributed by atoms with Gasteiger partial charge in [0, 0.05) is 17.7 Å². The fraction of sp³-hybridized carbons (Fsp3) is 0. The van der Waals surface area contributed by atoms with Crippen LogP contribution in [0.4, 0.5) is 0 Å². The largest absolute Gasteiger partial charge is 2.00 e. The molecule has 0 fully saturated rings. The fourth-order valence-corrected chi connectivity index (χ4v) is 4.02. The molecule has 0 radical (unpaired) electrons. The number of hydrogen-bond donors (Lipinski definition) is 0. The summed E-state index contributed by atoms with van der Waals surface area (Å²) in [6.07, 6.45) is 1.81. The summed E-state index contributed by atoms with van der Waals surface area (Å²) < 4.78 is 2.09. The molecule has 2 heterocycles. The molecule has 6 heteroatoms. The summed E-state index contributed by atoms with van der Waals surface area (Å²) in [7, 11) is 0. The van der Waals surface area contributed by atoms with E-state index in [0.717, 1.165) is 28.2 Å². The number of benzene rings is 4. The predicted octanol–water partition coefficient (Wildman–Crippen LogP) is 4.05. The van der Waals surface area contributed by atoms with Crippen LogP contribution in [-0.4, -0.2) is 14.7 Å². The van der Waals surface area contributed by atoms with E-state index in [2.05, 4.69) is 20.6 Å². The topological polar surface area (TPSA) is 79.3 Å². The number of nitrogens with zero attached hydrogens (tertiary/aromatic N) is 1. The number of rotatable bonds is 3. The summed E-state index contributed by atoms with van der Waals surface area (Å²) in [6.45, 7) is 0. The van der Waals surface area contributed by atoms with E-state index in [-0.39, 0.29) is 21.6 Å². The minimum atomic E-state index is 0. The summed E-state index contributed by atoms with van der Waals surface area (Å²) in [5.41, 5.74) is 5.31. The number of hydrogen-bond acceptors (Lipinski definition) is 2. The molecule has 0 unspecified atom stereocenters. The van der Waals surface area contributed by atoms with E-state index in [1.165, 1.54) is 0 Å². The van der Waals surface area contributed by atoms with Crippen LogP contribution in [0.15, 0.2) is 128 Å². The minimum Gasteiger partial charge on any atom is -0.872 e. The zero-order valence-electron chi connectivity index (χ0n) is 19.6. The maximum absolute atomic E-state index is 12.2. The normalized spacial score (nSPS) is 10.2. The van der Waals surface area contributed by atoms with Gasteiger partial charge < -0.3 is 10.2 Å². The van der Waals surface area contributed by atoms with Gasteiger partial charge in [-0.25, -0.2) is 9.97 Å². The SMILES string of the molecule is [Be+2].[O-]c1ccccc1-c1[nH+]c2ccccc2n1-c1ccccc1.[O-]c1ccccc1-c1cccc[nH+]1. The van der Waals surface area contributed by atoms with Crippen LogP contribution in [-0.2, 0) is 0 Å². The maximum Gasteiger partial charge on any atom is 2.00 e. The Kier molecular flexibility index (Phi) is 7.54. The third-order valence-corrected chi connectivity index (χ3v) is 5.66. The maximum atomic E-state index is 12.2. The molecular formula is C30H23BeN3O2+2. The molecular weight excluding hydrogens is 443 g/mol. The molecule has 0 aliphatic carbocycles. The molecule has 0 atom stereocenters. The van der Waals surface area contributed by atoms with Crippen LogP contribution in [0.2, 0.25) is 0 Å². The van der Waals surface area contributed by atoms with Crippen LogP contribution in [0, 0.1) is 0 Å². The van der Waals surface area contributed by atoms with Gasteiger partial charge in [-0.2, -0.15) is 4.57 Å². The van der Waals surface area contributed by atoms with Gasteiger partial charge in [-0.3, -0.25) is 0 Å². The molecule has 6 aromatic rings. The van der Waals surface area contributed by atoms with E-state index >= 15 is 0 Å². The molecule has 0 saturated heterocycles. The number of imidazole rings is 1. The van der Waals surface area contributed by atoms with Gasteiger partial charge in [0.15, 0.2) is 17.2 Å². The quantitative estimate of drug-likeness (QED) is 0.369. The van der Waals surface area contributed by atoms with Crippen LogP contribution < -0.4 is 20.2 Å². The molecule has 2 aromatic heterocycles. The molecule has 5 nitrogen and oxygen atoms in total. The Morgan fingerprint density at radius 2 is 1.14 bits per heavy atom. The number of nitrogens with one attached hydrogen (secondary N) is 2. The van der Waals surface area contributed by atoms with E-state index in [9.17, 15) is 10.2 Å². The number of aromatic amines is 2.